The number of fused-ring (bicyclic) bond motifs is 7. The van der Waals surface area contributed by atoms with Crippen LogP contribution in [0, 0.1) is 13.8 Å². The predicted octanol–water partition coefficient (Wildman–Crippen LogP) is 18.3. The summed E-state index contributed by atoms with van der Waals surface area (Å²) in [5.74, 6) is 0. The first-order chi connectivity index (χ1) is 34.6. The Labute approximate surface area is 407 Å². The Hall–Kier alpha value is -9.12. The van der Waals surface area contributed by atoms with E-state index in [-0.39, 0.29) is 0 Å². The molecule has 0 aliphatic heterocycles. The summed E-state index contributed by atoms with van der Waals surface area (Å²) >= 11 is 0. The first-order valence-corrected chi connectivity index (χ1v) is 24.1. The molecule has 0 unspecified atom stereocenters. The Kier molecular flexibility index (Phi) is 9.91. The molecule has 0 aliphatic carbocycles. The molecule has 2 heterocycles. The normalized spacial score (nSPS) is 11.6. The van der Waals surface area contributed by atoms with Crippen molar-refractivity contribution in [2.24, 2.45) is 0 Å². The zero-order valence-corrected chi connectivity index (χ0v) is 39.0. The van der Waals surface area contributed by atoms with Crippen molar-refractivity contribution in [2.75, 3.05) is 9.80 Å². The van der Waals surface area contributed by atoms with Crippen LogP contribution < -0.4 is 9.80 Å². The third kappa shape index (κ3) is 6.92. The van der Waals surface area contributed by atoms with Gasteiger partial charge >= 0.3 is 0 Å². The standard InChI is InChI=1S/C66H48N4/c1-45-39-46(2)41-54(40-45)67(48-21-8-4-9-22-48)52-33-36-65-60(43-52)58-29-14-16-31-62(58)69(65)50-25-18-26-51(42-50)70-63-32-17-15-30-59(63)61-44-53(34-37-66(61)70)68(49-23-10-5-11-24-49)64-38-35-55(47-19-6-3-7-20-47)56-27-12-13-28-57(56)64/h3-44H,1-2H3. The van der Waals surface area contributed by atoms with E-state index in [1.807, 2.05) is 0 Å². The number of aryl methyl sites for hydroxylation is 2. The second kappa shape index (κ2) is 16.9. The molecule has 0 amide bonds. The molecule has 0 aliphatic rings. The van der Waals surface area contributed by atoms with Gasteiger partial charge in [0.2, 0.25) is 0 Å². The van der Waals surface area contributed by atoms with Crippen molar-refractivity contribution in [1.29, 1.82) is 0 Å². The number of aromatic nitrogens is 2. The largest absolute Gasteiger partial charge is 0.310 e. The number of hydrogen-bond donors (Lipinski definition) is 0. The zero-order valence-electron chi connectivity index (χ0n) is 39.0. The lowest BCUT2D eigenvalue weighted by atomic mass is 9.96. The van der Waals surface area contributed by atoms with Crippen molar-refractivity contribution in [1.82, 2.24) is 9.13 Å². The molecule has 0 bridgehead atoms. The van der Waals surface area contributed by atoms with Crippen LogP contribution in [0.5, 0.6) is 0 Å². The fourth-order valence-electron chi connectivity index (χ4n) is 11.0. The van der Waals surface area contributed by atoms with E-state index in [4.69, 9.17) is 0 Å². The van der Waals surface area contributed by atoms with E-state index >= 15 is 0 Å². The molecule has 0 spiro atoms. The van der Waals surface area contributed by atoms with Gasteiger partial charge in [0.1, 0.15) is 0 Å². The molecule has 4 nitrogen and oxygen atoms in total. The summed E-state index contributed by atoms with van der Waals surface area (Å²) in [4.78, 5) is 4.79. The minimum absolute atomic E-state index is 1.10. The third-order valence-electron chi connectivity index (χ3n) is 13.9. The smallest absolute Gasteiger partial charge is 0.0542 e. The molecule has 13 aromatic rings. The van der Waals surface area contributed by atoms with Crippen LogP contribution in [-0.4, -0.2) is 9.13 Å². The fourth-order valence-corrected chi connectivity index (χ4v) is 11.0. The van der Waals surface area contributed by atoms with Gasteiger partial charge in [-0.1, -0.05) is 146 Å². The lowest BCUT2D eigenvalue weighted by Crippen LogP contribution is -2.10. The summed E-state index contributed by atoms with van der Waals surface area (Å²) in [6, 6.07) is 92.9. The molecule has 13 rings (SSSR count). The van der Waals surface area contributed by atoms with Crippen molar-refractivity contribution in [2.45, 2.75) is 13.8 Å². The predicted molar refractivity (Wildman–Crippen MR) is 297 cm³/mol. The molecule has 0 saturated heterocycles. The minimum Gasteiger partial charge on any atom is -0.310 e. The number of nitrogens with zero attached hydrogens (tertiary/aromatic N) is 4. The highest BCUT2D eigenvalue weighted by atomic mass is 15.2. The molecule has 0 fully saturated rings. The highest BCUT2D eigenvalue weighted by Gasteiger charge is 2.22. The maximum absolute atomic E-state index is 2.43. The van der Waals surface area contributed by atoms with Crippen LogP contribution in [0.3, 0.4) is 0 Å². The highest BCUT2D eigenvalue weighted by Crippen LogP contribution is 2.45. The first-order valence-electron chi connectivity index (χ1n) is 24.1. The Morgan fingerprint density at radius 3 is 1.30 bits per heavy atom. The summed E-state index contributed by atoms with van der Waals surface area (Å²) in [6.45, 7) is 4.35. The molecular weight excluding hydrogens is 849 g/mol. The zero-order chi connectivity index (χ0) is 46.7. The van der Waals surface area contributed by atoms with Gasteiger partial charge in [-0.2, -0.15) is 0 Å². The van der Waals surface area contributed by atoms with Gasteiger partial charge < -0.3 is 18.9 Å². The van der Waals surface area contributed by atoms with Gasteiger partial charge in [0.15, 0.2) is 0 Å². The number of benzene rings is 11. The Bertz CT molecular complexity index is 4070. The van der Waals surface area contributed by atoms with E-state index in [9.17, 15) is 0 Å². The van der Waals surface area contributed by atoms with Gasteiger partial charge in [-0.15, -0.1) is 0 Å². The Morgan fingerprint density at radius 1 is 0.271 bits per heavy atom. The van der Waals surface area contributed by atoms with Crippen molar-refractivity contribution in [3.05, 3.63) is 266 Å². The van der Waals surface area contributed by atoms with Crippen LogP contribution in [0.25, 0.3) is 76.9 Å². The van der Waals surface area contributed by atoms with E-state index in [1.165, 1.54) is 60.1 Å². The summed E-state index contributed by atoms with van der Waals surface area (Å²) < 4.78 is 4.86. The van der Waals surface area contributed by atoms with Crippen LogP contribution in [0.4, 0.5) is 34.1 Å². The maximum Gasteiger partial charge on any atom is 0.0542 e. The second-order valence-corrected chi connectivity index (χ2v) is 18.4. The van der Waals surface area contributed by atoms with E-state index in [2.05, 4.69) is 288 Å². The van der Waals surface area contributed by atoms with Crippen LogP contribution >= 0.6 is 0 Å². The third-order valence-corrected chi connectivity index (χ3v) is 13.9. The van der Waals surface area contributed by atoms with E-state index in [0.717, 1.165) is 62.0 Å². The summed E-state index contributed by atoms with van der Waals surface area (Å²) in [5.41, 5.74) is 18.5. The van der Waals surface area contributed by atoms with Crippen molar-refractivity contribution in [3.63, 3.8) is 0 Å². The van der Waals surface area contributed by atoms with Gasteiger partial charge in [-0.25, -0.2) is 0 Å². The highest BCUT2D eigenvalue weighted by molar-refractivity contribution is 6.13. The van der Waals surface area contributed by atoms with E-state index in [1.54, 1.807) is 0 Å². The average Bonchev–Trinajstić information content (AvgIpc) is 3.92. The molecule has 70 heavy (non-hydrogen) atoms. The monoisotopic (exact) mass is 896 g/mol. The lowest BCUT2D eigenvalue weighted by molar-refractivity contribution is 1.13. The topological polar surface area (TPSA) is 16.3 Å². The summed E-state index contributed by atoms with van der Waals surface area (Å²) in [5, 5.41) is 7.24. The molecule has 4 heteroatoms. The quantitative estimate of drug-likeness (QED) is 0.144. The number of para-hydroxylation sites is 4. The molecule has 0 saturated carbocycles. The average molecular weight is 897 g/mol. The van der Waals surface area contributed by atoms with Crippen molar-refractivity contribution in [3.8, 4) is 22.5 Å². The molecule has 332 valence electrons. The molecule has 11 aromatic carbocycles. The molecule has 0 N–H and O–H groups in total. The van der Waals surface area contributed by atoms with Crippen LogP contribution in [0.15, 0.2) is 255 Å². The van der Waals surface area contributed by atoms with Gasteiger partial charge in [-0.05, 0) is 151 Å². The molecule has 0 radical (unpaired) electrons. The SMILES string of the molecule is Cc1cc(C)cc(N(c2ccccc2)c2ccc3c(c2)c2ccccc2n3-c2cccc(-n3c4ccccc4c4cc(N(c5ccccc5)c5ccc(-c6ccccc6)c6ccccc56)ccc43)c2)c1. The molecule has 0 atom stereocenters. The summed E-state index contributed by atoms with van der Waals surface area (Å²) in [7, 11) is 0. The van der Waals surface area contributed by atoms with E-state index < -0.39 is 0 Å². The Morgan fingerprint density at radius 2 is 0.729 bits per heavy atom. The van der Waals surface area contributed by atoms with Crippen molar-refractivity contribution < 1.29 is 0 Å². The maximum atomic E-state index is 2.43. The number of hydrogen-bond acceptors (Lipinski definition) is 2. The second-order valence-electron chi connectivity index (χ2n) is 18.4. The van der Waals surface area contributed by atoms with Crippen LogP contribution in [0.2, 0.25) is 0 Å². The van der Waals surface area contributed by atoms with Crippen LogP contribution in [0.1, 0.15) is 11.1 Å². The number of rotatable bonds is 9. The Balaban J connectivity index is 0.956. The lowest BCUT2D eigenvalue weighted by Gasteiger charge is -2.27. The van der Waals surface area contributed by atoms with Gasteiger partial charge in [0, 0.05) is 66.7 Å². The van der Waals surface area contributed by atoms with Crippen LogP contribution in [-0.2, 0) is 0 Å². The van der Waals surface area contributed by atoms with Gasteiger partial charge in [0.25, 0.3) is 0 Å². The minimum atomic E-state index is 1.10. The van der Waals surface area contributed by atoms with Crippen molar-refractivity contribution >= 4 is 88.5 Å². The van der Waals surface area contributed by atoms with Gasteiger partial charge in [0.05, 0.1) is 27.8 Å². The van der Waals surface area contributed by atoms with E-state index in [0.29, 0.717) is 0 Å². The molecular formula is C66H48N4. The first kappa shape index (κ1) is 41.1. The molecule has 2 aromatic heterocycles. The fraction of sp³-hybridized carbons (Fsp3) is 0.0303. The number of anilines is 6. The van der Waals surface area contributed by atoms with Gasteiger partial charge in [-0.3, -0.25) is 0 Å². The summed E-state index contributed by atoms with van der Waals surface area (Å²) in [6.07, 6.45) is 0.